The van der Waals surface area contributed by atoms with Gasteiger partial charge in [-0.2, -0.15) is 0 Å². The van der Waals surface area contributed by atoms with Gasteiger partial charge in [0.25, 0.3) is 0 Å². The molecular weight excluding hydrogens is 404 g/mol. The molecule has 2 amide bonds. The summed E-state index contributed by atoms with van der Waals surface area (Å²) in [6.45, 7) is 2.40. The van der Waals surface area contributed by atoms with E-state index < -0.39 is 12.0 Å². The summed E-state index contributed by atoms with van der Waals surface area (Å²) in [5.74, 6) is 0.200. The summed E-state index contributed by atoms with van der Waals surface area (Å²) < 4.78 is 10.8. The van der Waals surface area contributed by atoms with E-state index in [2.05, 4.69) is 17.6 Å². The Morgan fingerprint density at radius 1 is 1.13 bits per heavy atom. The van der Waals surface area contributed by atoms with Crippen molar-refractivity contribution in [1.82, 2.24) is 10.6 Å². The maximum absolute atomic E-state index is 12.5. The van der Waals surface area contributed by atoms with E-state index in [4.69, 9.17) is 21.1 Å². The van der Waals surface area contributed by atoms with Gasteiger partial charge in [-0.3, -0.25) is 0 Å². The van der Waals surface area contributed by atoms with Gasteiger partial charge in [-0.1, -0.05) is 55.3 Å². The number of amides is 2. The normalized spacial score (nSPS) is 16.0. The Balaban J connectivity index is 1.81. The lowest BCUT2D eigenvalue weighted by molar-refractivity contribution is -0.136. The summed E-state index contributed by atoms with van der Waals surface area (Å²) in [7, 11) is 1.34. The Kier molecular flexibility index (Phi) is 7.36. The van der Waals surface area contributed by atoms with Crippen LogP contribution in [0.4, 0.5) is 4.79 Å². The van der Waals surface area contributed by atoms with Crippen molar-refractivity contribution < 1.29 is 19.1 Å². The number of halogens is 1. The molecule has 0 radical (unpaired) electrons. The number of hydrogen-bond acceptors (Lipinski definition) is 4. The van der Waals surface area contributed by atoms with Gasteiger partial charge in [-0.15, -0.1) is 0 Å². The fourth-order valence-corrected chi connectivity index (χ4v) is 3.49. The first-order valence-electron chi connectivity index (χ1n) is 9.88. The number of methoxy groups -OCH3 is 1. The molecule has 0 saturated heterocycles. The zero-order valence-electron chi connectivity index (χ0n) is 17.0. The fraction of sp³-hybridized carbons (Fsp3) is 0.304. The molecule has 0 bridgehead atoms. The molecule has 2 aromatic rings. The molecule has 3 rings (SSSR count). The SMILES string of the molecule is CCCCC1=C(C(=O)OC)C(c2ccc(OCc3ccccc3Cl)cc2)NC(=O)N1. The van der Waals surface area contributed by atoms with Crippen LogP contribution in [0.5, 0.6) is 5.75 Å². The Bertz CT molecular complexity index is 940. The first-order chi connectivity index (χ1) is 14.5. The molecule has 7 heteroatoms. The second kappa shape index (κ2) is 10.2. The van der Waals surface area contributed by atoms with E-state index in [0.717, 1.165) is 24.0 Å². The van der Waals surface area contributed by atoms with Gasteiger partial charge < -0.3 is 20.1 Å². The number of rotatable bonds is 8. The van der Waals surface area contributed by atoms with E-state index >= 15 is 0 Å². The van der Waals surface area contributed by atoms with Crippen LogP contribution in [0.3, 0.4) is 0 Å². The van der Waals surface area contributed by atoms with Gasteiger partial charge in [0.1, 0.15) is 12.4 Å². The van der Waals surface area contributed by atoms with Crippen LogP contribution in [0.15, 0.2) is 59.8 Å². The molecule has 6 nitrogen and oxygen atoms in total. The van der Waals surface area contributed by atoms with Crippen molar-refractivity contribution in [2.24, 2.45) is 0 Å². The summed E-state index contributed by atoms with van der Waals surface area (Å²) in [5.41, 5.74) is 2.70. The van der Waals surface area contributed by atoms with E-state index in [-0.39, 0.29) is 6.03 Å². The summed E-state index contributed by atoms with van der Waals surface area (Å²) in [6.07, 6.45) is 2.41. The van der Waals surface area contributed by atoms with Gasteiger partial charge in [0.15, 0.2) is 0 Å². The molecule has 0 saturated carbocycles. The quantitative estimate of drug-likeness (QED) is 0.587. The van der Waals surface area contributed by atoms with Gasteiger partial charge in [-0.05, 0) is 36.6 Å². The van der Waals surface area contributed by atoms with E-state index in [9.17, 15) is 9.59 Å². The van der Waals surface area contributed by atoms with Crippen molar-refractivity contribution in [2.45, 2.75) is 38.8 Å². The van der Waals surface area contributed by atoms with Crippen LogP contribution in [-0.4, -0.2) is 19.1 Å². The molecule has 2 aromatic carbocycles. The molecule has 1 atom stereocenters. The van der Waals surface area contributed by atoms with Gasteiger partial charge >= 0.3 is 12.0 Å². The third-order valence-electron chi connectivity index (χ3n) is 4.90. The molecule has 1 aliphatic rings. The maximum Gasteiger partial charge on any atom is 0.337 e. The van der Waals surface area contributed by atoms with Gasteiger partial charge in [0.2, 0.25) is 0 Å². The average molecular weight is 429 g/mol. The van der Waals surface area contributed by atoms with Crippen molar-refractivity contribution in [2.75, 3.05) is 7.11 Å². The number of hydrogen-bond donors (Lipinski definition) is 2. The number of esters is 1. The van der Waals surface area contributed by atoms with Crippen LogP contribution < -0.4 is 15.4 Å². The molecule has 2 N–H and O–H groups in total. The first-order valence-corrected chi connectivity index (χ1v) is 10.3. The van der Waals surface area contributed by atoms with E-state index in [1.165, 1.54) is 7.11 Å². The largest absolute Gasteiger partial charge is 0.489 e. The highest BCUT2D eigenvalue weighted by molar-refractivity contribution is 6.31. The zero-order chi connectivity index (χ0) is 21.5. The predicted octanol–water partition coefficient (Wildman–Crippen LogP) is 4.89. The van der Waals surface area contributed by atoms with Crippen molar-refractivity contribution in [3.8, 4) is 5.75 Å². The highest BCUT2D eigenvalue weighted by Gasteiger charge is 2.33. The number of carbonyl (C=O) groups is 2. The average Bonchev–Trinajstić information content (AvgIpc) is 2.76. The highest BCUT2D eigenvalue weighted by Crippen LogP contribution is 2.30. The zero-order valence-corrected chi connectivity index (χ0v) is 17.8. The van der Waals surface area contributed by atoms with Crippen molar-refractivity contribution in [1.29, 1.82) is 0 Å². The first kappa shape index (κ1) is 21.7. The summed E-state index contributed by atoms with van der Waals surface area (Å²) in [4.78, 5) is 24.7. The molecule has 0 fully saturated rings. The topological polar surface area (TPSA) is 76.7 Å². The highest BCUT2D eigenvalue weighted by atomic mass is 35.5. The number of ether oxygens (including phenoxy) is 2. The summed E-state index contributed by atoms with van der Waals surface area (Å²) >= 11 is 6.17. The maximum atomic E-state index is 12.5. The third kappa shape index (κ3) is 5.13. The van der Waals surface area contributed by atoms with E-state index in [1.54, 1.807) is 12.1 Å². The number of urea groups is 1. The molecular formula is C23H25ClN2O4. The molecule has 1 heterocycles. The fourth-order valence-electron chi connectivity index (χ4n) is 3.30. The molecule has 1 unspecified atom stereocenters. The minimum Gasteiger partial charge on any atom is -0.489 e. The van der Waals surface area contributed by atoms with E-state index in [0.29, 0.717) is 35.1 Å². The monoisotopic (exact) mass is 428 g/mol. The van der Waals surface area contributed by atoms with Gasteiger partial charge in [0.05, 0.1) is 18.7 Å². The van der Waals surface area contributed by atoms with Crippen LogP contribution in [0.25, 0.3) is 0 Å². The second-order valence-electron chi connectivity index (χ2n) is 6.97. The minimum atomic E-state index is -0.587. The number of nitrogens with one attached hydrogen (secondary N) is 2. The Morgan fingerprint density at radius 2 is 1.87 bits per heavy atom. The van der Waals surface area contributed by atoms with Gasteiger partial charge in [-0.25, -0.2) is 9.59 Å². The predicted molar refractivity (Wildman–Crippen MR) is 115 cm³/mol. The van der Waals surface area contributed by atoms with Crippen LogP contribution in [0, 0.1) is 0 Å². The number of allylic oxidation sites excluding steroid dienone is 1. The molecule has 0 aliphatic carbocycles. The number of carbonyl (C=O) groups excluding carboxylic acids is 2. The lowest BCUT2D eigenvalue weighted by atomic mass is 9.93. The third-order valence-corrected chi connectivity index (χ3v) is 5.27. The van der Waals surface area contributed by atoms with Crippen LogP contribution >= 0.6 is 11.6 Å². The number of unbranched alkanes of at least 4 members (excludes halogenated alkanes) is 1. The van der Waals surface area contributed by atoms with E-state index in [1.807, 2.05) is 36.4 Å². The summed E-state index contributed by atoms with van der Waals surface area (Å²) in [5, 5.41) is 6.24. The minimum absolute atomic E-state index is 0.335. The molecule has 0 spiro atoms. The standard InChI is InChI=1S/C23H25ClN2O4/c1-3-4-9-19-20(22(27)29-2)21(26-23(28)25-19)15-10-12-17(13-11-15)30-14-16-7-5-6-8-18(16)24/h5-8,10-13,21H,3-4,9,14H2,1-2H3,(H2,25,26,28). The van der Waals surface area contributed by atoms with Crippen molar-refractivity contribution in [3.05, 3.63) is 76.0 Å². The molecule has 158 valence electrons. The Labute approximate surface area is 181 Å². The molecule has 0 aromatic heterocycles. The summed E-state index contributed by atoms with van der Waals surface area (Å²) in [6, 6.07) is 13.9. The molecule has 1 aliphatic heterocycles. The number of benzene rings is 2. The van der Waals surface area contributed by atoms with Crippen molar-refractivity contribution in [3.63, 3.8) is 0 Å². The van der Waals surface area contributed by atoms with Crippen LogP contribution in [0.2, 0.25) is 5.02 Å². The smallest absolute Gasteiger partial charge is 0.337 e. The van der Waals surface area contributed by atoms with Gasteiger partial charge in [0, 0.05) is 16.3 Å². The van der Waals surface area contributed by atoms with Crippen molar-refractivity contribution >= 4 is 23.6 Å². The Morgan fingerprint density at radius 3 is 2.53 bits per heavy atom. The lowest BCUT2D eigenvalue weighted by Gasteiger charge is -2.29. The lowest BCUT2D eigenvalue weighted by Crippen LogP contribution is -2.45. The van der Waals surface area contributed by atoms with Crippen LogP contribution in [0.1, 0.15) is 43.4 Å². The van der Waals surface area contributed by atoms with Crippen LogP contribution in [-0.2, 0) is 16.1 Å². The Hall–Kier alpha value is -2.99. The second-order valence-corrected chi connectivity index (χ2v) is 7.38. The molecule has 30 heavy (non-hydrogen) atoms.